The van der Waals surface area contributed by atoms with Crippen LogP contribution in [0.4, 0.5) is 4.39 Å². The third kappa shape index (κ3) is 3.01. The monoisotopic (exact) mass is 306 g/mol. The highest BCUT2D eigenvalue weighted by molar-refractivity contribution is 5.83. The average molecular weight is 306 g/mol. The lowest BCUT2D eigenvalue weighted by atomic mass is 9.75. The highest BCUT2D eigenvalue weighted by atomic mass is 19.1. The van der Waals surface area contributed by atoms with Gasteiger partial charge in [0.2, 0.25) is 0 Å². The Bertz CT molecular complexity index is 497. The summed E-state index contributed by atoms with van der Waals surface area (Å²) < 4.78 is 12.6. The van der Waals surface area contributed by atoms with Crippen molar-refractivity contribution in [3.63, 3.8) is 0 Å². The molecule has 4 aliphatic rings. The van der Waals surface area contributed by atoms with Crippen molar-refractivity contribution in [2.24, 2.45) is 5.92 Å². The van der Waals surface area contributed by atoms with E-state index in [0.717, 1.165) is 5.92 Å². The molecule has 4 heterocycles. The fourth-order valence-electron chi connectivity index (χ4n) is 3.49. The van der Waals surface area contributed by atoms with Crippen LogP contribution in [-0.2, 0) is 10.2 Å². The van der Waals surface area contributed by atoms with E-state index in [1.807, 2.05) is 0 Å². The molecular weight excluding hydrogens is 283 g/mol. The van der Waals surface area contributed by atoms with Gasteiger partial charge in [0.25, 0.3) is 0 Å². The normalized spacial score (nSPS) is 28.2. The molecule has 4 nitrogen and oxygen atoms in total. The first-order valence-corrected chi connectivity index (χ1v) is 8.03. The fraction of sp³-hybridized carbons (Fsp3) is 0.588. The highest BCUT2D eigenvalue weighted by Gasteiger charge is 2.46. The second-order valence-electron chi connectivity index (χ2n) is 6.57. The summed E-state index contributed by atoms with van der Waals surface area (Å²) >= 11 is 0. The lowest BCUT2D eigenvalue weighted by molar-refractivity contribution is -0.146. The number of halogens is 1. The molecule has 1 aromatic rings. The van der Waals surface area contributed by atoms with Crippen molar-refractivity contribution in [3.05, 3.63) is 35.6 Å². The van der Waals surface area contributed by atoms with Crippen LogP contribution in [-0.4, -0.2) is 48.7 Å². The Labute approximate surface area is 130 Å². The van der Waals surface area contributed by atoms with Crippen LogP contribution in [0, 0.1) is 11.7 Å². The number of piperidine rings is 3. The summed E-state index contributed by atoms with van der Waals surface area (Å²) in [7, 11) is 0. The number of carbonyl (C=O) groups is 1. The first-order valence-electron chi connectivity index (χ1n) is 8.03. The van der Waals surface area contributed by atoms with Gasteiger partial charge in [-0.2, -0.15) is 0 Å². The maximum atomic E-state index is 12.6. The summed E-state index contributed by atoms with van der Waals surface area (Å²) in [5.41, 5.74) is -0.196. The molecule has 4 saturated heterocycles. The number of hydrogen-bond donors (Lipinski definition) is 2. The second-order valence-corrected chi connectivity index (χ2v) is 6.57. The Kier molecular flexibility index (Phi) is 4.45. The summed E-state index contributed by atoms with van der Waals surface area (Å²) in [4.78, 5) is 13.6. The van der Waals surface area contributed by atoms with Crippen molar-refractivity contribution in [1.29, 1.82) is 0 Å². The van der Waals surface area contributed by atoms with Gasteiger partial charge in [0.05, 0.1) is 0 Å². The van der Waals surface area contributed by atoms with Crippen molar-refractivity contribution < 1.29 is 14.3 Å². The van der Waals surface area contributed by atoms with Crippen LogP contribution >= 0.6 is 0 Å². The molecule has 1 aromatic carbocycles. The first kappa shape index (κ1) is 15.4. The molecule has 2 bridgehead atoms. The van der Waals surface area contributed by atoms with E-state index in [1.165, 1.54) is 63.2 Å². The van der Waals surface area contributed by atoms with Gasteiger partial charge in [0.1, 0.15) is 11.2 Å². The van der Waals surface area contributed by atoms with E-state index in [0.29, 0.717) is 18.7 Å². The zero-order valence-electron chi connectivity index (χ0n) is 12.7. The van der Waals surface area contributed by atoms with E-state index in [-0.39, 0.29) is 5.82 Å². The van der Waals surface area contributed by atoms with Crippen molar-refractivity contribution in [1.82, 2.24) is 10.2 Å². The van der Waals surface area contributed by atoms with Crippen molar-refractivity contribution in [3.8, 4) is 0 Å². The third-order valence-electron chi connectivity index (χ3n) is 5.22. The summed E-state index contributed by atoms with van der Waals surface area (Å²) in [5, 5.41) is 12.0. The van der Waals surface area contributed by atoms with Gasteiger partial charge in [-0.15, -0.1) is 0 Å². The van der Waals surface area contributed by atoms with E-state index < -0.39 is 11.4 Å². The summed E-state index contributed by atoms with van der Waals surface area (Å²) in [6.07, 6.45) is 4.46. The fourth-order valence-corrected chi connectivity index (χ4v) is 3.49. The minimum atomic E-state index is -0.858. The van der Waals surface area contributed by atoms with Gasteiger partial charge in [-0.25, -0.2) is 4.39 Å². The molecule has 0 amide bonds. The topological polar surface area (TPSA) is 52.6 Å². The zero-order chi connectivity index (χ0) is 15.6. The van der Waals surface area contributed by atoms with Crippen LogP contribution in [0.2, 0.25) is 0 Å². The van der Waals surface area contributed by atoms with Gasteiger partial charge >= 0.3 is 5.97 Å². The smallest absolute Gasteiger partial charge is 0.316 e. The Balaban J connectivity index is 0.000000151. The van der Waals surface area contributed by atoms with Gasteiger partial charge in [-0.05, 0) is 62.5 Å². The molecule has 5 rings (SSSR count). The molecule has 0 radical (unpaired) electrons. The molecule has 0 aliphatic carbocycles. The molecule has 120 valence electrons. The van der Waals surface area contributed by atoms with Crippen LogP contribution in [0.25, 0.3) is 0 Å². The zero-order valence-corrected chi connectivity index (χ0v) is 12.7. The predicted molar refractivity (Wildman–Crippen MR) is 82.4 cm³/mol. The average Bonchev–Trinajstić information content (AvgIpc) is 2.50. The molecule has 4 fully saturated rings. The molecule has 5 heteroatoms. The molecular formula is C17H23FN2O2. The minimum absolute atomic E-state index is 0.346. The van der Waals surface area contributed by atoms with Crippen LogP contribution in [0.15, 0.2) is 24.3 Å². The van der Waals surface area contributed by atoms with E-state index in [9.17, 15) is 9.18 Å². The van der Waals surface area contributed by atoms with Crippen LogP contribution < -0.4 is 5.32 Å². The first-order chi connectivity index (χ1) is 10.6. The summed E-state index contributed by atoms with van der Waals surface area (Å²) in [6.45, 7) is 5.00. The van der Waals surface area contributed by atoms with Crippen LogP contribution in [0.3, 0.4) is 0 Å². The van der Waals surface area contributed by atoms with Crippen LogP contribution in [0.5, 0.6) is 0 Å². The standard InChI is InChI=1S/C10H10FNO2.C7H13N/c11-8-3-1-7(2-4-8)10(9(13)14)5-12-6-10;1-4-8-5-2-7(1)3-6-8/h1-4,12H,5-6H2,(H,13,14);7H,1-6H2. The van der Waals surface area contributed by atoms with E-state index >= 15 is 0 Å². The van der Waals surface area contributed by atoms with Crippen molar-refractivity contribution in [2.45, 2.75) is 24.7 Å². The Hall–Kier alpha value is -1.46. The SMILES string of the molecule is C1CN2CCC1CC2.O=C(O)C1(c2ccc(F)cc2)CNC1. The van der Waals surface area contributed by atoms with Crippen LogP contribution in [0.1, 0.15) is 24.8 Å². The third-order valence-corrected chi connectivity index (χ3v) is 5.22. The van der Waals surface area contributed by atoms with Gasteiger partial charge in [-0.3, -0.25) is 4.79 Å². The molecule has 0 aromatic heterocycles. The number of carboxylic acids is 1. The minimum Gasteiger partial charge on any atom is -0.481 e. The molecule has 0 spiro atoms. The molecule has 0 saturated carbocycles. The Morgan fingerprint density at radius 1 is 1.14 bits per heavy atom. The lowest BCUT2D eigenvalue weighted by Crippen LogP contribution is -2.61. The van der Waals surface area contributed by atoms with E-state index in [1.54, 1.807) is 0 Å². The largest absolute Gasteiger partial charge is 0.481 e. The lowest BCUT2D eigenvalue weighted by Gasteiger charge is -2.38. The highest BCUT2D eigenvalue weighted by Crippen LogP contribution is 2.29. The second kappa shape index (κ2) is 6.34. The van der Waals surface area contributed by atoms with Gasteiger partial charge in [0.15, 0.2) is 0 Å². The molecule has 2 N–H and O–H groups in total. The predicted octanol–water partition coefficient (Wildman–Crippen LogP) is 1.85. The quantitative estimate of drug-likeness (QED) is 0.875. The number of hydrogen-bond acceptors (Lipinski definition) is 3. The van der Waals surface area contributed by atoms with Gasteiger partial charge in [0, 0.05) is 13.1 Å². The molecule has 0 unspecified atom stereocenters. The maximum absolute atomic E-state index is 12.6. The number of carboxylic acid groups (broad SMARTS) is 1. The van der Waals surface area contributed by atoms with Crippen molar-refractivity contribution in [2.75, 3.05) is 32.7 Å². The number of fused-ring (bicyclic) bond motifs is 3. The summed E-state index contributed by atoms with van der Waals surface area (Å²) in [6, 6.07) is 5.64. The Morgan fingerprint density at radius 3 is 1.95 bits per heavy atom. The van der Waals surface area contributed by atoms with Gasteiger partial charge in [-0.1, -0.05) is 12.1 Å². The molecule has 4 aliphatic heterocycles. The Morgan fingerprint density at radius 2 is 1.68 bits per heavy atom. The number of nitrogens with zero attached hydrogens (tertiary/aromatic N) is 1. The number of rotatable bonds is 2. The number of benzene rings is 1. The molecule has 22 heavy (non-hydrogen) atoms. The maximum Gasteiger partial charge on any atom is 0.316 e. The van der Waals surface area contributed by atoms with E-state index in [4.69, 9.17) is 5.11 Å². The van der Waals surface area contributed by atoms with E-state index in [2.05, 4.69) is 10.2 Å². The summed E-state index contributed by atoms with van der Waals surface area (Å²) in [5.74, 6) is -0.0931. The number of nitrogens with one attached hydrogen (secondary N) is 1. The van der Waals surface area contributed by atoms with Gasteiger partial charge < -0.3 is 15.3 Å². The van der Waals surface area contributed by atoms with Crippen molar-refractivity contribution >= 4 is 5.97 Å². The molecule has 0 atom stereocenters. The number of aliphatic carboxylic acids is 1.